The highest BCUT2D eigenvalue weighted by Gasteiger charge is 2.46. The van der Waals surface area contributed by atoms with Crippen LogP contribution >= 0.6 is 0 Å². The molecule has 61 heavy (non-hydrogen) atoms. The molecular formula is C59H39NO. The van der Waals surface area contributed by atoms with Crippen molar-refractivity contribution in [1.29, 1.82) is 0 Å². The molecule has 0 aliphatic heterocycles. The average molecular weight is 778 g/mol. The van der Waals surface area contributed by atoms with Gasteiger partial charge in [0.1, 0.15) is 11.2 Å². The molecule has 1 heterocycles. The largest absolute Gasteiger partial charge is 0.456 e. The zero-order chi connectivity index (χ0) is 40.3. The first-order valence-electron chi connectivity index (χ1n) is 21.0. The van der Waals surface area contributed by atoms with E-state index in [0.29, 0.717) is 0 Å². The van der Waals surface area contributed by atoms with Crippen molar-refractivity contribution in [2.45, 2.75) is 5.41 Å². The van der Waals surface area contributed by atoms with Gasteiger partial charge in [0.05, 0.1) is 22.2 Å². The summed E-state index contributed by atoms with van der Waals surface area (Å²) in [6, 6.07) is 86.2. The van der Waals surface area contributed by atoms with Crippen LogP contribution in [0.15, 0.2) is 241 Å². The standard InChI is InChI=1S/C59H39NO/c1-4-18-41(19-5-1)48-36-34-42(47-29-16-21-40-20-10-11-26-46(40)47)38-55(48)60(54-31-17-33-57-58(54)51-28-13-15-32-56(51)61-57)45-35-37-50-49-27-12-14-30-52(49)59(53(50)39-45,43-22-6-2-7-23-43)44-24-8-3-9-25-44/h1-39H. The van der Waals surface area contributed by atoms with E-state index in [-0.39, 0.29) is 0 Å². The lowest BCUT2D eigenvalue weighted by Gasteiger charge is -2.35. The van der Waals surface area contributed by atoms with Crippen molar-refractivity contribution in [1.82, 2.24) is 0 Å². The fourth-order valence-corrected chi connectivity index (χ4v) is 10.1. The third-order valence-corrected chi connectivity index (χ3v) is 12.7. The molecule has 1 aromatic heterocycles. The van der Waals surface area contributed by atoms with Crippen LogP contribution in [0.3, 0.4) is 0 Å². The molecule has 0 unspecified atom stereocenters. The first-order valence-corrected chi connectivity index (χ1v) is 21.0. The lowest BCUT2D eigenvalue weighted by molar-refractivity contribution is 0.669. The summed E-state index contributed by atoms with van der Waals surface area (Å²) >= 11 is 0. The Morgan fingerprint density at radius 2 is 0.934 bits per heavy atom. The summed E-state index contributed by atoms with van der Waals surface area (Å²) in [6.45, 7) is 0. The van der Waals surface area contributed by atoms with E-state index in [2.05, 4.69) is 235 Å². The van der Waals surface area contributed by atoms with Gasteiger partial charge in [0.25, 0.3) is 0 Å². The maximum atomic E-state index is 6.61. The number of hydrogen-bond acceptors (Lipinski definition) is 2. The van der Waals surface area contributed by atoms with E-state index in [4.69, 9.17) is 4.42 Å². The van der Waals surface area contributed by atoms with Crippen molar-refractivity contribution in [2.24, 2.45) is 0 Å². The third kappa shape index (κ3) is 5.43. The van der Waals surface area contributed by atoms with Crippen LogP contribution in [0.5, 0.6) is 0 Å². The predicted octanol–water partition coefficient (Wildman–Crippen LogP) is 15.9. The van der Waals surface area contributed by atoms with Gasteiger partial charge in [-0.25, -0.2) is 0 Å². The molecule has 1 aliphatic rings. The second-order valence-corrected chi connectivity index (χ2v) is 16.0. The molecule has 0 saturated carbocycles. The summed E-state index contributed by atoms with van der Waals surface area (Å²) in [4.78, 5) is 2.49. The van der Waals surface area contributed by atoms with E-state index in [1.807, 2.05) is 6.07 Å². The molecule has 10 aromatic carbocycles. The van der Waals surface area contributed by atoms with Gasteiger partial charge in [-0.15, -0.1) is 0 Å². The number of benzene rings is 10. The van der Waals surface area contributed by atoms with Gasteiger partial charge < -0.3 is 9.32 Å². The SMILES string of the molecule is c1ccc(-c2ccc(-c3cccc4ccccc34)cc2N(c2ccc3c(c2)C(c2ccccc2)(c2ccccc2)c2ccccc2-3)c2cccc3oc4ccccc4c23)cc1. The Morgan fingerprint density at radius 3 is 1.74 bits per heavy atom. The molecule has 0 N–H and O–H groups in total. The number of fused-ring (bicyclic) bond motifs is 7. The minimum atomic E-state index is -0.558. The fraction of sp³-hybridized carbons (Fsp3) is 0.0169. The zero-order valence-corrected chi connectivity index (χ0v) is 33.4. The van der Waals surface area contributed by atoms with E-state index in [1.54, 1.807) is 0 Å². The van der Waals surface area contributed by atoms with Gasteiger partial charge in [-0.3, -0.25) is 0 Å². The van der Waals surface area contributed by atoms with Crippen LogP contribution in [0.1, 0.15) is 22.3 Å². The van der Waals surface area contributed by atoms with Crippen LogP contribution in [0, 0.1) is 0 Å². The predicted molar refractivity (Wildman–Crippen MR) is 254 cm³/mol. The van der Waals surface area contributed by atoms with Crippen LogP contribution in [-0.2, 0) is 5.41 Å². The monoisotopic (exact) mass is 777 g/mol. The highest BCUT2D eigenvalue weighted by atomic mass is 16.3. The van der Waals surface area contributed by atoms with Gasteiger partial charge in [0.2, 0.25) is 0 Å². The molecule has 0 atom stereocenters. The van der Waals surface area contributed by atoms with Crippen molar-refractivity contribution in [3.05, 3.63) is 259 Å². The van der Waals surface area contributed by atoms with Gasteiger partial charge >= 0.3 is 0 Å². The number of nitrogens with zero attached hydrogens (tertiary/aromatic N) is 1. The molecule has 0 amide bonds. The lowest BCUT2D eigenvalue weighted by atomic mass is 9.67. The van der Waals surface area contributed by atoms with Crippen molar-refractivity contribution in [2.75, 3.05) is 4.90 Å². The van der Waals surface area contributed by atoms with Crippen LogP contribution < -0.4 is 4.90 Å². The number of anilines is 3. The lowest BCUT2D eigenvalue weighted by Crippen LogP contribution is -2.28. The highest BCUT2D eigenvalue weighted by Crippen LogP contribution is 2.58. The number of rotatable bonds is 7. The first-order chi connectivity index (χ1) is 30.3. The maximum absolute atomic E-state index is 6.61. The normalized spacial score (nSPS) is 12.7. The molecule has 0 bridgehead atoms. The number of furan rings is 1. The van der Waals surface area contributed by atoms with Crippen LogP contribution in [0.25, 0.3) is 66.1 Å². The summed E-state index contributed by atoms with van der Waals surface area (Å²) in [5, 5.41) is 4.61. The minimum absolute atomic E-state index is 0.558. The van der Waals surface area contributed by atoms with E-state index in [1.165, 1.54) is 49.7 Å². The Kier molecular flexibility index (Phi) is 8.11. The first kappa shape index (κ1) is 35.0. The molecule has 0 saturated heterocycles. The summed E-state index contributed by atoms with van der Waals surface area (Å²) < 4.78 is 6.61. The Balaban J connectivity index is 1.20. The molecular weight excluding hydrogens is 739 g/mol. The van der Waals surface area contributed by atoms with E-state index >= 15 is 0 Å². The zero-order valence-electron chi connectivity index (χ0n) is 33.4. The second-order valence-electron chi connectivity index (χ2n) is 16.0. The van der Waals surface area contributed by atoms with Gasteiger partial charge in [-0.2, -0.15) is 0 Å². The van der Waals surface area contributed by atoms with Crippen LogP contribution in [-0.4, -0.2) is 0 Å². The molecule has 0 spiro atoms. The quantitative estimate of drug-likeness (QED) is 0.160. The average Bonchev–Trinajstić information content (AvgIpc) is 3.86. The Hall–Kier alpha value is -7.94. The summed E-state index contributed by atoms with van der Waals surface area (Å²) in [7, 11) is 0. The van der Waals surface area contributed by atoms with E-state index in [0.717, 1.165) is 55.7 Å². The Morgan fingerprint density at radius 1 is 0.344 bits per heavy atom. The summed E-state index contributed by atoms with van der Waals surface area (Å²) in [5.74, 6) is 0. The molecule has 0 radical (unpaired) electrons. The van der Waals surface area contributed by atoms with E-state index < -0.39 is 5.41 Å². The van der Waals surface area contributed by atoms with Gasteiger partial charge in [-0.05, 0) is 97.2 Å². The maximum Gasteiger partial charge on any atom is 0.137 e. The molecule has 2 heteroatoms. The van der Waals surface area contributed by atoms with Crippen LogP contribution in [0.2, 0.25) is 0 Å². The summed E-state index contributed by atoms with van der Waals surface area (Å²) in [5.41, 5.74) is 16.5. The third-order valence-electron chi connectivity index (χ3n) is 12.7. The molecule has 12 rings (SSSR count). The fourth-order valence-electron chi connectivity index (χ4n) is 10.1. The molecule has 11 aromatic rings. The topological polar surface area (TPSA) is 16.4 Å². The molecule has 2 nitrogen and oxygen atoms in total. The second kappa shape index (κ2) is 14.1. The molecule has 0 fully saturated rings. The number of para-hydroxylation sites is 1. The van der Waals surface area contributed by atoms with Gasteiger partial charge in [-0.1, -0.05) is 200 Å². The smallest absolute Gasteiger partial charge is 0.137 e. The molecule has 1 aliphatic carbocycles. The van der Waals surface area contributed by atoms with Gasteiger partial charge in [0, 0.05) is 16.6 Å². The van der Waals surface area contributed by atoms with Crippen molar-refractivity contribution >= 4 is 49.8 Å². The Labute approximate surface area is 355 Å². The Bertz CT molecular complexity index is 3380. The van der Waals surface area contributed by atoms with Crippen molar-refractivity contribution in [3.8, 4) is 33.4 Å². The molecule has 286 valence electrons. The van der Waals surface area contributed by atoms with Crippen LogP contribution in [0.4, 0.5) is 17.1 Å². The van der Waals surface area contributed by atoms with Gasteiger partial charge in [0.15, 0.2) is 0 Å². The number of hydrogen-bond donors (Lipinski definition) is 0. The van der Waals surface area contributed by atoms with Crippen molar-refractivity contribution < 1.29 is 4.42 Å². The minimum Gasteiger partial charge on any atom is -0.456 e. The van der Waals surface area contributed by atoms with Crippen molar-refractivity contribution in [3.63, 3.8) is 0 Å². The highest BCUT2D eigenvalue weighted by molar-refractivity contribution is 6.14. The van der Waals surface area contributed by atoms with E-state index in [9.17, 15) is 0 Å². The summed E-state index contributed by atoms with van der Waals surface area (Å²) in [6.07, 6.45) is 0.